The van der Waals surface area contributed by atoms with Gasteiger partial charge in [-0.15, -0.1) is 0 Å². The lowest BCUT2D eigenvalue weighted by atomic mass is 10.0. The first-order valence-electron chi connectivity index (χ1n) is 14.1. The van der Waals surface area contributed by atoms with Crippen molar-refractivity contribution in [3.05, 3.63) is 131 Å². The van der Waals surface area contributed by atoms with Crippen molar-refractivity contribution in [3.8, 4) is 0 Å². The largest absolute Gasteiger partial charge is 0.352 e. The fourth-order valence-corrected chi connectivity index (χ4v) is 6.45. The molecular formula is C34H36ClN3O4S. The van der Waals surface area contributed by atoms with Crippen LogP contribution < -0.4 is 9.62 Å². The zero-order chi connectivity index (χ0) is 31.0. The lowest BCUT2D eigenvalue weighted by Gasteiger charge is -2.34. The van der Waals surface area contributed by atoms with Crippen molar-refractivity contribution in [1.29, 1.82) is 0 Å². The molecule has 0 radical (unpaired) electrons. The van der Waals surface area contributed by atoms with Gasteiger partial charge in [-0.2, -0.15) is 0 Å². The Morgan fingerprint density at radius 3 is 1.98 bits per heavy atom. The summed E-state index contributed by atoms with van der Waals surface area (Å²) in [6.07, 6.45) is 0.245. The van der Waals surface area contributed by atoms with Crippen molar-refractivity contribution < 1.29 is 18.0 Å². The van der Waals surface area contributed by atoms with Gasteiger partial charge in [0.1, 0.15) is 12.6 Å². The van der Waals surface area contributed by atoms with E-state index in [1.165, 1.54) is 17.0 Å². The van der Waals surface area contributed by atoms with E-state index in [2.05, 4.69) is 5.32 Å². The molecule has 0 aliphatic carbocycles. The standard InChI is InChI=1S/C34H36ClN3O4S/c1-25(2)36-34(40)32(22-27-12-6-4-7-13-27)37(23-28-20-18-26(3)19-21-28)33(39)24-38(31-17-11-10-16-30(31)35)43(41,42)29-14-8-5-9-15-29/h4-21,25,32H,22-24H2,1-3H3,(H,36,40). The molecule has 9 heteroatoms. The quantitative estimate of drug-likeness (QED) is 0.211. The maximum atomic E-state index is 14.4. The van der Waals surface area contributed by atoms with Crippen molar-refractivity contribution in [1.82, 2.24) is 10.2 Å². The predicted molar refractivity (Wildman–Crippen MR) is 171 cm³/mol. The summed E-state index contributed by atoms with van der Waals surface area (Å²) in [7, 11) is -4.21. The molecule has 43 heavy (non-hydrogen) atoms. The third-order valence-corrected chi connectivity index (χ3v) is 9.00. The van der Waals surface area contributed by atoms with Crippen LogP contribution in [0.1, 0.15) is 30.5 Å². The molecular weight excluding hydrogens is 582 g/mol. The number of nitrogens with one attached hydrogen (secondary N) is 1. The Morgan fingerprint density at radius 1 is 0.791 bits per heavy atom. The second-order valence-corrected chi connectivity index (χ2v) is 12.9. The van der Waals surface area contributed by atoms with Crippen molar-refractivity contribution in [2.45, 2.75) is 50.7 Å². The SMILES string of the molecule is Cc1ccc(CN(C(=O)CN(c2ccccc2Cl)S(=O)(=O)c2ccccc2)C(Cc2ccccc2)C(=O)NC(C)C)cc1. The van der Waals surface area contributed by atoms with E-state index in [0.29, 0.717) is 0 Å². The highest BCUT2D eigenvalue weighted by atomic mass is 35.5. The molecule has 224 valence electrons. The van der Waals surface area contributed by atoms with E-state index >= 15 is 0 Å². The van der Waals surface area contributed by atoms with Crippen LogP contribution >= 0.6 is 11.6 Å². The van der Waals surface area contributed by atoms with Gasteiger partial charge in [-0.1, -0.05) is 102 Å². The normalized spacial score (nSPS) is 12.0. The second-order valence-electron chi connectivity index (χ2n) is 10.7. The van der Waals surface area contributed by atoms with Crippen LogP contribution in [0.15, 0.2) is 114 Å². The Balaban J connectivity index is 1.80. The summed E-state index contributed by atoms with van der Waals surface area (Å²) in [5.74, 6) is -0.866. The average Bonchev–Trinajstić information content (AvgIpc) is 2.99. The molecule has 4 rings (SSSR count). The van der Waals surface area contributed by atoms with Gasteiger partial charge in [-0.3, -0.25) is 13.9 Å². The number of hydrogen-bond donors (Lipinski definition) is 1. The number of hydrogen-bond acceptors (Lipinski definition) is 4. The molecule has 1 atom stereocenters. The lowest BCUT2D eigenvalue weighted by molar-refractivity contribution is -0.140. The summed E-state index contributed by atoms with van der Waals surface area (Å²) < 4.78 is 29.0. The van der Waals surface area contributed by atoms with Crippen LogP contribution in [-0.4, -0.2) is 43.8 Å². The molecule has 0 fully saturated rings. The van der Waals surface area contributed by atoms with Crippen molar-refractivity contribution in [2.24, 2.45) is 0 Å². The Morgan fingerprint density at radius 2 is 1.37 bits per heavy atom. The molecule has 1 N–H and O–H groups in total. The first-order valence-corrected chi connectivity index (χ1v) is 15.9. The summed E-state index contributed by atoms with van der Waals surface area (Å²) in [5.41, 5.74) is 2.90. The van der Waals surface area contributed by atoms with Crippen molar-refractivity contribution in [3.63, 3.8) is 0 Å². The topological polar surface area (TPSA) is 86.8 Å². The summed E-state index contributed by atoms with van der Waals surface area (Å²) in [6.45, 7) is 5.22. The Bertz CT molecular complexity index is 1630. The minimum atomic E-state index is -4.21. The van der Waals surface area contributed by atoms with E-state index in [4.69, 9.17) is 11.6 Å². The number of halogens is 1. The Kier molecular flexibility index (Phi) is 10.6. The van der Waals surface area contributed by atoms with E-state index in [1.54, 1.807) is 42.5 Å². The van der Waals surface area contributed by atoms with Crippen molar-refractivity contribution >= 4 is 39.1 Å². The van der Waals surface area contributed by atoms with E-state index in [0.717, 1.165) is 21.0 Å². The number of rotatable bonds is 12. The van der Waals surface area contributed by atoms with E-state index in [1.807, 2.05) is 75.4 Å². The lowest BCUT2D eigenvalue weighted by Crippen LogP contribution is -2.54. The maximum Gasteiger partial charge on any atom is 0.264 e. The van der Waals surface area contributed by atoms with E-state index in [-0.39, 0.29) is 40.5 Å². The average molecular weight is 618 g/mol. The fourth-order valence-electron chi connectivity index (χ4n) is 4.71. The van der Waals surface area contributed by atoms with E-state index < -0.39 is 28.5 Å². The van der Waals surface area contributed by atoms with Gasteiger partial charge < -0.3 is 10.2 Å². The monoisotopic (exact) mass is 617 g/mol. The van der Waals surface area contributed by atoms with Crippen LogP contribution in [0.2, 0.25) is 5.02 Å². The number of aryl methyl sites for hydroxylation is 1. The summed E-state index contributed by atoms with van der Waals surface area (Å²) in [4.78, 5) is 29.6. The van der Waals surface area contributed by atoms with Crippen LogP contribution in [0.3, 0.4) is 0 Å². The minimum Gasteiger partial charge on any atom is -0.352 e. The van der Waals surface area contributed by atoms with Gasteiger partial charge in [-0.05, 0) is 56.2 Å². The molecule has 0 aliphatic heterocycles. The van der Waals surface area contributed by atoms with Crippen LogP contribution in [-0.2, 0) is 32.6 Å². The first-order chi connectivity index (χ1) is 20.6. The summed E-state index contributed by atoms with van der Waals surface area (Å²) in [5, 5.41) is 3.14. The molecule has 0 bridgehead atoms. The van der Waals surface area contributed by atoms with Gasteiger partial charge in [0.15, 0.2) is 0 Å². The van der Waals surface area contributed by atoms with Gasteiger partial charge in [-0.25, -0.2) is 8.42 Å². The first kappa shape index (κ1) is 31.8. The number of amides is 2. The van der Waals surface area contributed by atoms with Gasteiger partial charge in [0.05, 0.1) is 15.6 Å². The number of nitrogens with zero attached hydrogens (tertiary/aromatic N) is 2. The minimum absolute atomic E-state index is 0.0196. The molecule has 0 aromatic heterocycles. The number of carbonyl (C=O) groups is 2. The van der Waals surface area contributed by atoms with Crippen LogP contribution in [0.5, 0.6) is 0 Å². The fraction of sp³-hybridized carbons (Fsp3) is 0.235. The number of benzene rings is 4. The van der Waals surface area contributed by atoms with Crippen LogP contribution in [0.4, 0.5) is 5.69 Å². The number of carbonyl (C=O) groups excluding carboxylic acids is 2. The molecule has 0 spiro atoms. The molecule has 0 aliphatic rings. The zero-order valence-corrected chi connectivity index (χ0v) is 26.1. The van der Waals surface area contributed by atoms with Crippen LogP contribution in [0, 0.1) is 6.92 Å². The third-order valence-electron chi connectivity index (χ3n) is 6.91. The van der Waals surface area contributed by atoms with Crippen molar-refractivity contribution in [2.75, 3.05) is 10.8 Å². The zero-order valence-electron chi connectivity index (χ0n) is 24.5. The second kappa shape index (κ2) is 14.4. The van der Waals surface area contributed by atoms with E-state index in [9.17, 15) is 18.0 Å². The molecule has 1 unspecified atom stereocenters. The van der Waals surface area contributed by atoms with Gasteiger partial charge in [0.25, 0.3) is 10.0 Å². The molecule has 7 nitrogen and oxygen atoms in total. The molecule has 4 aromatic rings. The number of para-hydroxylation sites is 1. The molecule has 0 saturated carbocycles. The summed E-state index contributed by atoms with van der Waals surface area (Å²) in [6, 6.07) is 30.5. The molecule has 2 amide bonds. The highest BCUT2D eigenvalue weighted by Crippen LogP contribution is 2.31. The molecule has 0 saturated heterocycles. The highest BCUT2D eigenvalue weighted by Gasteiger charge is 2.35. The number of anilines is 1. The highest BCUT2D eigenvalue weighted by molar-refractivity contribution is 7.92. The number of sulfonamides is 1. The van der Waals surface area contributed by atoms with Gasteiger partial charge in [0, 0.05) is 19.0 Å². The Labute approximate surface area is 259 Å². The smallest absolute Gasteiger partial charge is 0.264 e. The molecule has 0 heterocycles. The third kappa shape index (κ3) is 8.24. The predicted octanol–water partition coefficient (Wildman–Crippen LogP) is 6.01. The Hall–Kier alpha value is -4.14. The summed E-state index contributed by atoms with van der Waals surface area (Å²) >= 11 is 6.50. The molecule has 4 aromatic carbocycles. The van der Waals surface area contributed by atoms with Crippen LogP contribution in [0.25, 0.3) is 0 Å². The van der Waals surface area contributed by atoms with Gasteiger partial charge >= 0.3 is 0 Å². The maximum absolute atomic E-state index is 14.4. The van der Waals surface area contributed by atoms with Gasteiger partial charge in [0.2, 0.25) is 11.8 Å².